The van der Waals surface area contributed by atoms with Crippen molar-refractivity contribution in [3.05, 3.63) is 81.9 Å². The number of pyridine rings is 2. The van der Waals surface area contributed by atoms with Crippen molar-refractivity contribution in [3.8, 4) is 22.7 Å². The molecule has 6 rings (SSSR count). The van der Waals surface area contributed by atoms with E-state index in [1.54, 1.807) is 18.2 Å². The highest BCUT2D eigenvalue weighted by atomic mass is 35.5. The van der Waals surface area contributed by atoms with E-state index in [2.05, 4.69) is 15.0 Å². The van der Waals surface area contributed by atoms with Crippen LogP contribution in [0.3, 0.4) is 0 Å². The molecule has 222 valence electrons. The number of benzene rings is 2. The highest BCUT2D eigenvalue weighted by molar-refractivity contribution is 6.30. The number of aromatic nitrogens is 4. The zero-order valence-corrected chi connectivity index (χ0v) is 23.4. The molecule has 1 aliphatic rings. The first-order valence-electron chi connectivity index (χ1n) is 13.5. The monoisotopic (exact) mass is 611 g/mol. The summed E-state index contributed by atoms with van der Waals surface area (Å²) in [4.78, 5) is 26.7. The minimum Gasteiger partial charge on any atom is -0.474 e. The van der Waals surface area contributed by atoms with Crippen LogP contribution >= 0.6 is 11.6 Å². The van der Waals surface area contributed by atoms with Crippen LogP contribution in [0.15, 0.2) is 65.6 Å². The minimum atomic E-state index is -4.73. The number of hydrogen-bond acceptors (Lipinski definition) is 8. The van der Waals surface area contributed by atoms with Gasteiger partial charge in [0.2, 0.25) is 5.88 Å². The highest BCUT2D eigenvalue weighted by Gasteiger charge is 2.33. The largest absolute Gasteiger partial charge is 0.474 e. The van der Waals surface area contributed by atoms with Gasteiger partial charge in [-0.1, -0.05) is 17.7 Å². The number of anilines is 1. The van der Waals surface area contributed by atoms with Crippen LogP contribution in [-0.4, -0.2) is 45.6 Å². The molecule has 1 saturated heterocycles. The Kier molecular flexibility index (Phi) is 7.91. The molecule has 2 N–H and O–H groups in total. The third-order valence-corrected chi connectivity index (χ3v) is 7.27. The maximum atomic E-state index is 14.0. The van der Waals surface area contributed by atoms with Crippen molar-refractivity contribution in [2.75, 3.05) is 25.6 Å². The number of nitrogens with two attached hydrogens (primary N) is 1. The first kappa shape index (κ1) is 28.8. The molecule has 0 radical (unpaired) electrons. The second kappa shape index (κ2) is 11.8. The lowest BCUT2D eigenvalue weighted by atomic mass is 10.0. The van der Waals surface area contributed by atoms with Gasteiger partial charge in [-0.05, 0) is 73.4 Å². The number of rotatable bonds is 7. The van der Waals surface area contributed by atoms with Crippen molar-refractivity contribution in [3.63, 3.8) is 0 Å². The predicted octanol–water partition coefficient (Wildman–Crippen LogP) is 6.17. The number of alkyl halides is 3. The second-order valence-corrected chi connectivity index (χ2v) is 10.3. The van der Waals surface area contributed by atoms with Gasteiger partial charge in [-0.25, -0.2) is 15.0 Å². The lowest BCUT2D eigenvalue weighted by molar-refractivity contribution is -0.165. The zero-order chi connectivity index (χ0) is 30.1. The maximum absolute atomic E-state index is 14.0. The Labute approximate surface area is 248 Å². The number of ether oxygens (including phenoxy) is 3. The smallest absolute Gasteiger partial charge is 0.433 e. The normalized spacial score (nSPS) is 15.7. The topological polar surface area (TPSA) is 114 Å². The quantitative estimate of drug-likeness (QED) is 0.217. The van der Waals surface area contributed by atoms with E-state index in [9.17, 15) is 18.0 Å². The Morgan fingerprint density at radius 2 is 1.84 bits per heavy atom. The van der Waals surface area contributed by atoms with E-state index in [1.165, 1.54) is 36.5 Å². The van der Waals surface area contributed by atoms with Crippen molar-refractivity contribution in [1.82, 2.24) is 19.5 Å². The summed E-state index contributed by atoms with van der Waals surface area (Å²) in [5, 5.41) is 0.559. The van der Waals surface area contributed by atoms with Crippen molar-refractivity contribution in [1.29, 1.82) is 0 Å². The highest BCUT2D eigenvalue weighted by Crippen LogP contribution is 2.35. The molecule has 1 aliphatic heterocycles. The van der Waals surface area contributed by atoms with E-state index < -0.39 is 17.4 Å². The van der Waals surface area contributed by atoms with Gasteiger partial charge in [-0.2, -0.15) is 13.2 Å². The molecule has 1 unspecified atom stereocenters. The maximum Gasteiger partial charge on any atom is 0.433 e. The van der Waals surface area contributed by atoms with Gasteiger partial charge in [0.1, 0.15) is 17.9 Å². The molecular formula is C30H25ClF3N5O4. The van der Waals surface area contributed by atoms with Gasteiger partial charge in [-0.3, -0.25) is 9.36 Å². The molecule has 1 atom stereocenters. The van der Waals surface area contributed by atoms with Gasteiger partial charge in [0.15, 0.2) is 6.29 Å². The summed E-state index contributed by atoms with van der Waals surface area (Å²) in [7, 11) is 0. The molecule has 1 fully saturated rings. The number of fused-ring (bicyclic) bond motifs is 2. The summed E-state index contributed by atoms with van der Waals surface area (Å²) in [5.74, 6) is 0.256. The van der Waals surface area contributed by atoms with Crippen LogP contribution in [0, 0.1) is 0 Å². The Bertz CT molecular complexity index is 1860. The standard InChI is InChI=1S/C30H25ClF3N5O4/c31-18-5-7-19(8-6-18)39-28-20(9-11-23(38-28)30(32,33)34)27(35)26(29(39)40)17-4-10-21-22(15-17)37-24(16-36-21)41-13-14-43-25-3-1-2-12-42-25/h4-11,15-16,25H,1-3,12-14,35H2. The summed E-state index contributed by atoms with van der Waals surface area (Å²) in [6, 6.07) is 13.1. The Balaban J connectivity index is 1.39. The molecule has 0 bridgehead atoms. The van der Waals surface area contributed by atoms with Gasteiger partial charge in [-0.15, -0.1) is 0 Å². The number of nitrogen functional groups attached to an aromatic ring is 1. The second-order valence-electron chi connectivity index (χ2n) is 9.90. The molecule has 2 aromatic carbocycles. The Hall–Kier alpha value is -4.26. The third kappa shape index (κ3) is 5.99. The van der Waals surface area contributed by atoms with E-state index in [4.69, 9.17) is 31.5 Å². The van der Waals surface area contributed by atoms with E-state index >= 15 is 0 Å². The number of hydrogen-bond donors (Lipinski definition) is 1. The van der Waals surface area contributed by atoms with Gasteiger partial charge in [0.05, 0.1) is 40.8 Å². The van der Waals surface area contributed by atoms with E-state index in [-0.39, 0.29) is 46.7 Å². The SMILES string of the molecule is Nc1c(-c2ccc3ncc(OCCOC4CCCCO4)nc3c2)c(=O)n(-c2ccc(Cl)cc2)c2nc(C(F)(F)F)ccc12. The predicted molar refractivity (Wildman–Crippen MR) is 155 cm³/mol. The third-order valence-electron chi connectivity index (χ3n) is 7.02. The van der Waals surface area contributed by atoms with Crippen molar-refractivity contribution in [2.24, 2.45) is 0 Å². The summed E-state index contributed by atoms with van der Waals surface area (Å²) in [6.07, 6.45) is -0.546. The minimum absolute atomic E-state index is 0.0202. The molecule has 9 nitrogen and oxygen atoms in total. The zero-order valence-electron chi connectivity index (χ0n) is 22.6. The van der Waals surface area contributed by atoms with Gasteiger partial charge < -0.3 is 19.9 Å². The van der Waals surface area contributed by atoms with Crippen LogP contribution < -0.4 is 16.0 Å². The Morgan fingerprint density at radius 3 is 2.58 bits per heavy atom. The molecule has 5 aromatic rings. The average Bonchev–Trinajstić information content (AvgIpc) is 3.00. The van der Waals surface area contributed by atoms with Crippen LogP contribution in [0.25, 0.3) is 38.9 Å². The van der Waals surface area contributed by atoms with Crippen molar-refractivity contribution >= 4 is 39.4 Å². The molecule has 13 heteroatoms. The van der Waals surface area contributed by atoms with Gasteiger partial charge in [0, 0.05) is 17.0 Å². The van der Waals surface area contributed by atoms with Crippen LogP contribution in [0.4, 0.5) is 18.9 Å². The van der Waals surface area contributed by atoms with Crippen molar-refractivity contribution in [2.45, 2.75) is 31.7 Å². The molecule has 0 saturated carbocycles. The Morgan fingerprint density at radius 1 is 1.02 bits per heavy atom. The van der Waals surface area contributed by atoms with Crippen LogP contribution in [0.5, 0.6) is 5.88 Å². The first-order valence-corrected chi connectivity index (χ1v) is 13.9. The van der Waals surface area contributed by atoms with Crippen LogP contribution in [0.2, 0.25) is 5.02 Å². The summed E-state index contributed by atoms with van der Waals surface area (Å²) in [6.45, 7) is 1.23. The summed E-state index contributed by atoms with van der Waals surface area (Å²) in [5.41, 5.74) is 6.08. The molecule has 43 heavy (non-hydrogen) atoms. The van der Waals surface area contributed by atoms with Crippen LogP contribution in [0.1, 0.15) is 25.0 Å². The van der Waals surface area contributed by atoms with E-state index in [0.29, 0.717) is 34.8 Å². The molecule has 0 aliphatic carbocycles. The molecule has 4 heterocycles. The van der Waals surface area contributed by atoms with E-state index in [0.717, 1.165) is 29.9 Å². The average molecular weight is 612 g/mol. The van der Waals surface area contributed by atoms with Crippen molar-refractivity contribution < 1.29 is 27.4 Å². The number of halogens is 4. The fraction of sp³-hybridized carbons (Fsp3) is 0.267. The van der Waals surface area contributed by atoms with Crippen LogP contribution in [-0.2, 0) is 15.7 Å². The lowest BCUT2D eigenvalue weighted by Crippen LogP contribution is -2.24. The fourth-order valence-corrected chi connectivity index (χ4v) is 5.07. The van der Waals surface area contributed by atoms with Gasteiger partial charge in [0.25, 0.3) is 5.56 Å². The molecule has 3 aromatic heterocycles. The number of nitrogens with zero attached hydrogens (tertiary/aromatic N) is 4. The molecular weight excluding hydrogens is 587 g/mol. The van der Waals surface area contributed by atoms with Gasteiger partial charge >= 0.3 is 6.18 Å². The summed E-state index contributed by atoms with van der Waals surface area (Å²) < 4.78 is 58.8. The lowest BCUT2D eigenvalue weighted by Gasteiger charge is -2.22. The molecule has 0 spiro atoms. The molecule has 0 amide bonds. The fourth-order valence-electron chi connectivity index (χ4n) is 4.94. The van der Waals surface area contributed by atoms with E-state index in [1.807, 2.05) is 0 Å². The summed E-state index contributed by atoms with van der Waals surface area (Å²) >= 11 is 6.03. The first-order chi connectivity index (χ1) is 20.7.